The van der Waals surface area contributed by atoms with E-state index >= 15 is 0 Å². The molecule has 0 heterocycles. The van der Waals surface area contributed by atoms with Gasteiger partial charge < -0.3 is 20.1 Å². The van der Waals surface area contributed by atoms with Crippen LogP contribution >= 0.6 is 0 Å². The van der Waals surface area contributed by atoms with Gasteiger partial charge in [0.2, 0.25) is 0 Å². The van der Waals surface area contributed by atoms with Gasteiger partial charge >= 0.3 is 6.03 Å². The number of hydrogen-bond donors (Lipinski definition) is 2. The Kier molecular flexibility index (Phi) is 6.71. The maximum Gasteiger partial charge on any atom is 0.318 e. The second-order valence-corrected chi connectivity index (χ2v) is 5.07. The molecule has 2 rings (SSSR count). The van der Waals surface area contributed by atoms with Crippen LogP contribution in [0, 0.1) is 0 Å². The SMILES string of the molecule is COc1ccc(CCNC(=O)N/C=C/c2ccccc2OC)cc1. The Bertz CT molecular complexity index is 681. The van der Waals surface area contributed by atoms with E-state index in [1.54, 1.807) is 26.5 Å². The van der Waals surface area contributed by atoms with Crippen molar-refractivity contribution in [3.05, 3.63) is 65.9 Å². The molecule has 2 amide bonds. The summed E-state index contributed by atoms with van der Waals surface area (Å²) in [6, 6.07) is 15.1. The third kappa shape index (κ3) is 5.35. The number of carbonyl (C=O) groups is 1. The largest absolute Gasteiger partial charge is 0.497 e. The zero-order valence-electron chi connectivity index (χ0n) is 13.9. The van der Waals surface area contributed by atoms with Gasteiger partial charge in [-0.3, -0.25) is 0 Å². The van der Waals surface area contributed by atoms with Gasteiger partial charge in [-0.2, -0.15) is 0 Å². The van der Waals surface area contributed by atoms with Gasteiger partial charge in [-0.25, -0.2) is 4.79 Å². The zero-order chi connectivity index (χ0) is 17.2. The number of para-hydroxylation sites is 1. The number of methoxy groups -OCH3 is 2. The van der Waals surface area contributed by atoms with Crippen molar-refractivity contribution < 1.29 is 14.3 Å². The molecular formula is C19H22N2O3. The minimum absolute atomic E-state index is 0.241. The smallest absolute Gasteiger partial charge is 0.318 e. The highest BCUT2D eigenvalue weighted by atomic mass is 16.5. The van der Waals surface area contributed by atoms with Crippen molar-refractivity contribution in [1.82, 2.24) is 10.6 Å². The van der Waals surface area contributed by atoms with Crippen LogP contribution in [0.3, 0.4) is 0 Å². The van der Waals surface area contributed by atoms with Crippen molar-refractivity contribution in [2.45, 2.75) is 6.42 Å². The lowest BCUT2D eigenvalue weighted by molar-refractivity contribution is 0.244. The Morgan fingerprint density at radius 3 is 2.50 bits per heavy atom. The first-order valence-corrected chi connectivity index (χ1v) is 7.70. The Hall–Kier alpha value is -2.95. The monoisotopic (exact) mass is 326 g/mol. The highest BCUT2D eigenvalue weighted by molar-refractivity contribution is 5.76. The second-order valence-electron chi connectivity index (χ2n) is 5.07. The highest BCUT2D eigenvalue weighted by Gasteiger charge is 2.00. The first-order valence-electron chi connectivity index (χ1n) is 7.70. The summed E-state index contributed by atoms with van der Waals surface area (Å²) >= 11 is 0. The third-order valence-corrected chi connectivity index (χ3v) is 3.47. The molecule has 0 saturated carbocycles. The number of urea groups is 1. The zero-order valence-corrected chi connectivity index (χ0v) is 13.9. The minimum Gasteiger partial charge on any atom is -0.497 e. The van der Waals surface area contributed by atoms with Gasteiger partial charge in [-0.1, -0.05) is 30.3 Å². The quantitative estimate of drug-likeness (QED) is 0.821. The predicted molar refractivity (Wildman–Crippen MR) is 95.3 cm³/mol. The van der Waals surface area contributed by atoms with Crippen LogP contribution in [-0.4, -0.2) is 26.8 Å². The van der Waals surface area contributed by atoms with Crippen LogP contribution in [0.5, 0.6) is 11.5 Å². The van der Waals surface area contributed by atoms with E-state index in [2.05, 4.69) is 10.6 Å². The van der Waals surface area contributed by atoms with E-state index in [1.165, 1.54) is 0 Å². The van der Waals surface area contributed by atoms with Gasteiger partial charge in [0.25, 0.3) is 0 Å². The van der Waals surface area contributed by atoms with Crippen molar-refractivity contribution in [3.8, 4) is 11.5 Å². The molecule has 0 fully saturated rings. The minimum atomic E-state index is -0.241. The van der Waals surface area contributed by atoms with Crippen LogP contribution in [0.15, 0.2) is 54.7 Å². The number of carbonyl (C=O) groups excluding carboxylic acids is 1. The molecule has 24 heavy (non-hydrogen) atoms. The number of nitrogens with one attached hydrogen (secondary N) is 2. The Morgan fingerprint density at radius 2 is 1.79 bits per heavy atom. The first-order chi connectivity index (χ1) is 11.7. The molecule has 0 aromatic heterocycles. The molecule has 2 aromatic rings. The fourth-order valence-electron chi connectivity index (χ4n) is 2.17. The summed E-state index contributed by atoms with van der Waals surface area (Å²) in [5.74, 6) is 1.58. The van der Waals surface area contributed by atoms with E-state index in [4.69, 9.17) is 9.47 Å². The van der Waals surface area contributed by atoms with Gasteiger partial charge in [0, 0.05) is 18.3 Å². The molecule has 5 heteroatoms. The van der Waals surface area contributed by atoms with E-state index in [-0.39, 0.29) is 6.03 Å². The molecular weight excluding hydrogens is 304 g/mol. The van der Waals surface area contributed by atoms with Crippen molar-refractivity contribution in [1.29, 1.82) is 0 Å². The molecule has 2 N–H and O–H groups in total. The summed E-state index contributed by atoms with van der Waals surface area (Å²) < 4.78 is 10.4. The summed E-state index contributed by atoms with van der Waals surface area (Å²) in [5.41, 5.74) is 2.04. The van der Waals surface area contributed by atoms with Crippen molar-refractivity contribution in [2.75, 3.05) is 20.8 Å². The topological polar surface area (TPSA) is 59.6 Å². The molecule has 0 aliphatic rings. The third-order valence-electron chi connectivity index (χ3n) is 3.47. The molecule has 0 saturated heterocycles. The summed E-state index contributed by atoms with van der Waals surface area (Å²) in [7, 11) is 3.26. The molecule has 2 aromatic carbocycles. The lowest BCUT2D eigenvalue weighted by Gasteiger charge is -2.06. The van der Waals surface area contributed by atoms with Crippen LogP contribution in [-0.2, 0) is 6.42 Å². The molecule has 0 bridgehead atoms. The van der Waals surface area contributed by atoms with Gasteiger partial charge in [0.05, 0.1) is 14.2 Å². The summed E-state index contributed by atoms with van der Waals surface area (Å²) in [6.45, 7) is 0.556. The van der Waals surface area contributed by atoms with E-state index in [0.717, 1.165) is 29.0 Å². The Labute approximate surface area is 142 Å². The molecule has 0 spiro atoms. The van der Waals surface area contributed by atoms with Crippen molar-refractivity contribution in [3.63, 3.8) is 0 Å². The summed E-state index contributed by atoms with van der Waals surface area (Å²) in [4.78, 5) is 11.8. The standard InChI is InChI=1S/C19H22N2O3/c1-23-17-9-7-15(8-10-17)11-13-20-19(22)21-14-12-16-5-3-4-6-18(16)24-2/h3-10,12,14H,11,13H2,1-2H3,(H2,20,21,22)/b14-12+. The molecule has 126 valence electrons. The molecule has 0 aliphatic carbocycles. The average Bonchev–Trinajstić information content (AvgIpc) is 2.62. The number of amides is 2. The average molecular weight is 326 g/mol. The van der Waals surface area contributed by atoms with Crippen LogP contribution in [0.4, 0.5) is 4.79 Å². The van der Waals surface area contributed by atoms with E-state index < -0.39 is 0 Å². The predicted octanol–water partition coefficient (Wildman–Crippen LogP) is 3.22. The summed E-state index contributed by atoms with van der Waals surface area (Å²) in [5, 5.41) is 5.49. The maximum absolute atomic E-state index is 11.8. The van der Waals surface area contributed by atoms with Crippen LogP contribution in [0.2, 0.25) is 0 Å². The molecule has 0 radical (unpaired) electrons. The Morgan fingerprint density at radius 1 is 1.04 bits per heavy atom. The van der Waals surface area contributed by atoms with Crippen LogP contribution in [0.1, 0.15) is 11.1 Å². The van der Waals surface area contributed by atoms with Crippen LogP contribution < -0.4 is 20.1 Å². The number of rotatable bonds is 7. The number of ether oxygens (including phenoxy) is 2. The van der Waals surface area contributed by atoms with Crippen molar-refractivity contribution in [2.24, 2.45) is 0 Å². The number of hydrogen-bond acceptors (Lipinski definition) is 3. The first kappa shape index (κ1) is 17.4. The van der Waals surface area contributed by atoms with E-state index in [9.17, 15) is 4.79 Å². The Balaban J connectivity index is 1.74. The van der Waals surface area contributed by atoms with Gasteiger partial charge in [0.15, 0.2) is 0 Å². The van der Waals surface area contributed by atoms with E-state index in [1.807, 2.05) is 48.5 Å². The second kappa shape index (κ2) is 9.25. The van der Waals surface area contributed by atoms with Gasteiger partial charge in [-0.15, -0.1) is 0 Å². The summed E-state index contributed by atoms with van der Waals surface area (Å²) in [6.07, 6.45) is 4.15. The normalized spacial score (nSPS) is 10.4. The van der Waals surface area contributed by atoms with E-state index in [0.29, 0.717) is 6.54 Å². The van der Waals surface area contributed by atoms with Gasteiger partial charge in [0.1, 0.15) is 11.5 Å². The lowest BCUT2D eigenvalue weighted by atomic mass is 10.1. The lowest BCUT2D eigenvalue weighted by Crippen LogP contribution is -2.33. The van der Waals surface area contributed by atoms with Crippen molar-refractivity contribution >= 4 is 12.1 Å². The highest BCUT2D eigenvalue weighted by Crippen LogP contribution is 2.18. The number of benzene rings is 2. The molecule has 5 nitrogen and oxygen atoms in total. The fraction of sp³-hybridized carbons (Fsp3) is 0.211. The van der Waals surface area contributed by atoms with Crippen LogP contribution in [0.25, 0.3) is 6.08 Å². The fourth-order valence-corrected chi connectivity index (χ4v) is 2.17. The molecule has 0 aliphatic heterocycles. The molecule has 0 atom stereocenters. The maximum atomic E-state index is 11.8. The van der Waals surface area contributed by atoms with Gasteiger partial charge in [-0.05, 0) is 36.3 Å². The molecule has 0 unspecified atom stereocenters.